The average molecular weight is 192 g/mol. The number of hydrogen-bond acceptors (Lipinski definition) is 3. The van der Waals surface area contributed by atoms with E-state index in [-0.39, 0.29) is 4.73 Å². The molecule has 0 amide bonds. The topological polar surface area (TPSA) is 78.6 Å². The van der Waals surface area contributed by atoms with E-state index < -0.39 is 11.4 Å². The molecule has 0 bridgehead atoms. The first-order chi connectivity index (χ1) is 4.18. The molecular weight excluding hydrogens is 190 g/mol. The van der Waals surface area contributed by atoms with Crippen LogP contribution in [-0.4, -0.2) is 15.0 Å². The molecule has 0 spiro atoms. The Labute approximate surface area is 57.3 Å². The summed E-state index contributed by atoms with van der Waals surface area (Å²) in [5.74, 6) is 0. The Kier molecular flexibility index (Phi) is 1.48. The second kappa shape index (κ2) is 2.14. The molecule has 0 saturated heterocycles. The van der Waals surface area contributed by atoms with Gasteiger partial charge in [0.25, 0.3) is 0 Å². The number of nitrogens with zero attached hydrogens (tertiary/aromatic N) is 1. The predicted molar refractivity (Wildman–Crippen MR) is 33.2 cm³/mol. The van der Waals surface area contributed by atoms with E-state index in [0.717, 1.165) is 0 Å². The number of halogens is 1. The Bertz CT molecular complexity index is 285. The zero-order valence-electron chi connectivity index (χ0n) is 4.14. The quantitative estimate of drug-likeness (QED) is 0.565. The molecule has 0 aliphatic heterocycles. The molecule has 9 heavy (non-hydrogen) atoms. The van der Waals surface area contributed by atoms with Crippen LogP contribution in [0, 0.1) is 0 Å². The molecule has 0 unspecified atom stereocenters. The number of nitrogens with one attached hydrogen (secondary N) is 2. The average Bonchev–Trinajstić information content (AvgIpc) is 1.59. The summed E-state index contributed by atoms with van der Waals surface area (Å²) in [4.78, 5) is 28.0. The SMILES string of the molecule is O=c1nc(Br)[nH]c(=O)[nH]1. The Morgan fingerprint density at radius 1 is 1.33 bits per heavy atom. The minimum absolute atomic E-state index is 0.135. The molecule has 0 aromatic carbocycles. The van der Waals surface area contributed by atoms with Gasteiger partial charge in [0.2, 0.25) is 0 Å². The molecule has 1 aromatic rings. The van der Waals surface area contributed by atoms with Gasteiger partial charge in [0.1, 0.15) is 0 Å². The van der Waals surface area contributed by atoms with Gasteiger partial charge < -0.3 is 0 Å². The van der Waals surface area contributed by atoms with Gasteiger partial charge in [-0.25, -0.2) is 9.59 Å². The van der Waals surface area contributed by atoms with Crippen molar-refractivity contribution in [1.82, 2.24) is 15.0 Å². The summed E-state index contributed by atoms with van der Waals surface area (Å²) in [7, 11) is 0. The van der Waals surface area contributed by atoms with Crippen LogP contribution in [0.2, 0.25) is 0 Å². The summed E-state index contributed by atoms with van der Waals surface area (Å²) in [5.41, 5.74) is -1.23. The molecule has 0 atom stereocenters. The number of rotatable bonds is 0. The Morgan fingerprint density at radius 3 is 2.44 bits per heavy atom. The minimum atomic E-state index is -0.661. The van der Waals surface area contributed by atoms with Crippen LogP contribution in [0.3, 0.4) is 0 Å². The van der Waals surface area contributed by atoms with Gasteiger partial charge in [0.05, 0.1) is 0 Å². The highest BCUT2D eigenvalue weighted by Gasteiger charge is 1.89. The second-order valence-corrected chi connectivity index (χ2v) is 2.04. The van der Waals surface area contributed by atoms with Crippen LogP contribution in [0.15, 0.2) is 14.3 Å². The molecule has 0 saturated carbocycles. The van der Waals surface area contributed by atoms with Crippen LogP contribution >= 0.6 is 15.9 Å². The normalized spacial score (nSPS) is 9.44. The number of aromatic amines is 2. The van der Waals surface area contributed by atoms with Gasteiger partial charge in [-0.15, -0.1) is 0 Å². The smallest absolute Gasteiger partial charge is 0.286 e. The van der Waals surface area contributed by atoms with E-state index in [0.29, 0.717) is 0 Å². The van der Waals surface area contributed by atoms with Gasteiger partial charge >= 0.3 is 11.4 Å². The molecule has 1 heterocycles. The maximum atomic E-state index is 10.3. The fraction of sp³-hybridized carbons (Fsp3) is 0. The molecule has 0 aliphatic carbocycles. The fourth-order valence-corrected chi connectivity index (χ4v) is 0.708. The first kappa shape index (κ1) is 6.21. The first-order valence-electron chi connectivity index (χ1n) is 2.04. The van der Waals surface area contributed by atoms with Crippen molar-refractivity contribution in [2.75, 3.05) is 0 Å². The highest BCUT2D eigenvalue weighted by molar-refractivity contribution is 9.10. The van der Waals surface area contributed by atoms with Crippen LogP contribution in [0.4, 0.5) is 0 Å². The van der Waals surface area contributed by atoms with E-state index >= 15 is 0 Å². The highest BCUT2D eigenvalue weighted by Crippen LogP contribution is 1.89. The van der Waals surface area contributed by atoms with E-state index in [1.165, 1.54) is 0 Å². The monoisotopic (exact) mass is 191 g/mol. The fourth-order valence-electron chi connectivity index (χ4n) is 0.367. The van der Waals surface area contributed by atoms with Crippen molar-refractivity contribution in [3.8, 4) is 0 Å². The van der Waals surface area contributed by atoms with Gasteiger partial charge in [0.15, 0.2) is 4.73 Å². The van der Waals surface area contributed by atoms with Crippen LogP contribution in [0.5, 0.6) is 0 Å². The third-order valence-electron chi connectivity index (χ3n) is 0.637. The highest BCUT2D eigenvalue weighted by atomic mass is 79.9. The molecule has 5 nitrogen and oxygen atoms in total. The molecule has 48 valence electrons. The Balaban J connectivity index is 3.52. The van der Waals surface area contributed by atoms with Crippen molar-refractivity contribution >= 4 is 15.9 Å². The molecule has 6 heteroatoms. The Morgan fingerprint density at radius 2 is 2.00 bits per heavy atom. The summed E-state index contributed by atoms with van der Waals surface area (Å²) >= 11 is 2.83. The van der Waals surface area contributed by atoms with Crippen LogP contribution in [0.1, 0.15) is 0 Å². The number of H-pyrrole nitrogens is 2. The molecule has 1 rings (SSSR count). The minimum Gasteiger partial charge on any atom is -0.286 e. The lowest BCUT2D eigenvalue weighted by atomic mass is 11.0. The summed E-state index contributed by atoms with van der Waals surface area (Å²) in [6.07, 6.45) is 0. The van der Waals surface area contributed by atoms with Gasteiger partial charge in [-0.1, -0.05) is 0 Å². The van der Waals surface area contributed by atoms with E-state index in [1.54, 1.807) is 0 Å². The van der Waals surface area contributed by atoms with Gasteiger partial charge in [0, 0.05) is 0 Å². The van der Waals surface area contributed by atoms with Crippen molar-refractivity contribution in [3.05, 3.63) is 25.7 Å². The lowest BCUT2D eigenvalue weighted by Gasteiger charge is -1.82. The largest absolute Gasteiger partial charge is 0.351 e. The molecule has 0 aliphatic rings. The van der Waals surface area contributed by atoms with Crippen LogP contribution < -0.4 is 11.4 Å². The summed E-state index contributed by atoms with van der Waals surface area (Å²) in [6, 6.07) is 0. The van der Waals surface area contributed by atoms with E-state index in [9.17, 15) is 9.59 Å². The third-order valence-corrected chi connectivity index (χ3v) is 1.01. The predicted octanol–water partition coefficient (Wildman–Crippen LogP) is -0.779. The lowest BCUT2D eigenvalue weighted by molar-refractivity contribution is 0.905. The number of hydrogen-bond donors (Lipinski definition) is 2. The third kappa shape index (κ3) is 1.49. The van der Waals surface area contributed by atoms with Gasteiger partial charge in [-0.3, -0.25) is 9.97 Å². The van der Waals surface area contributed by atoms with Gasteiger partial charge in [-0.05, 0) is 15.9 Å². The van der Waals surface area contributed by atoms with Crippen molar-refractivity contribution in [2.45, 2.75) is 0 Å². The summed E-state index contributed by atoms with van der Waals surface area (Å²) in [6.45, 7) is 0. The maximum absolute atomic E-state index is 10.3. The standard InChI is InChI=1S/C3H2BrN3O2/c4-1-5-2(8)7-3(9)6-1/h(H2,5,6,7,8,9). The van der Waals surface area contributed by atoms with Crippen molar-refractivity contribution < 1.29 is 0 Å². The molecule has 1 aromatic heterocycles. The zero-order chi connectivity index (χ0) is 6.85. The summed E-state index contributed by atoms with van der Waals surface area (Å²) < 4.78 is 0.135. The van der Waals surface area contributed by atoms with Crippen LogP contribution in [-0.2, 0) is 0 Å². The number of aromatic nitrogens is 3. The molecule has 2 N–H and O–H groups in total. The van der Waals surface area contributed by atoms with E-state index in [2.05, 4.69) is 25.9 Å². The van der Waals surface area contributed by atoms with Crippen molar-refractivity contribution in [2.24, 2.45) is 0 Å². The zero-order valence-corrected chi connectivity index (χ0v) is 5.73. The Hall–Kier alpha value is -0.910. The van der Waals surface area contributed by atoms with Crippen molar-refractivity contribution in [3.63, 3.8) is 0 Å². The first-order valence-corrected chi connectivity index (χ1v) is 2.84. The van der Waals surface area contributed by atoms with E-state index in [1.807, 2.05) is 4.98 Å². The molecule has 0 fully saturated rings. The molecule has 0 radical (unpaired) electrons. The second-order valence-electron chi connectivity index (χ2n) is 1.29. The van der Waals surface area contributed by atoms with Crippen LogP contribution in [0.25, 0.3) is 0 Å². The van der Waals surface area contributed by atoms with Gasteiger partial charge in [-0.2, -0.15) is 4.98 Å². The van der Waals surface area contributed by atoms with Crippen molar-refractivity contribution in [1.29, 1.82) is 0 Å². The van der Waals surface area contributed by atoms with E-state index in [4.69, 9.17) is 0 Å². The lowest BCUT2D eigenvalue weighted by Crippen LogP contribution is -2.24. The molecular formula is C3H2BrN3O2. The summed E-state index contributed by atoms with van der Waals surface area (Å²) in [5, 5.41) is 0. The maximum Gasteiger partial charge on any atom is 0.351 e.